The van der Waals surface area contributed by atoms with E-state index in [1.54, 1.807) is 11.9 Å². The van der Waals surface area contributed by atoms with Gasteiger partial charge in [0, 0.05) is 54.3 Å². The lowest BCUT2D eigenvalue weighted by Crippen LogP contribution is -2.53. The van der Waals surface area contributed by atoms with Crippen molar-refractivity contribution in [2.24, 2.45) is 5.73 Å². The van der Waals surface area contributed by atoms with Crippen LogP contribution in [-0.2, 0) is 20.7 Å². The van der Waals surface area contributed by atoms with Crippen LogP contribution in [0.5, 0.6) is 17.2 Å². The van der Waals surface area contributed by atoms with E-state index in [9.17, 15) is 54.0 Å². The monoisotopic (exact) mass is 673 g/mol. The van der Waals surface area contributed by atoms with Crippen molar-refractivity contribution in [2.75, 3.05) is 13.7 Å². The third-order valence-corrected chi connectivity index (χ3v) is 8.59. The van der Waals surface area contributed by atoms with Crippen molar-refractivity contribution in [2.45, 2.75) is 62.4 Å². The van der Waals surface area contributed by atoms with Gasteiger partial charge in [0.15, 0.2) is 17.9 Å². The number of methoxy groups -OCH3 is 1. The van der Waals surface area contributed by atoms with Crippen molar-refractivity contribution in [1.29, 1.82) is 0 Å². The van der Waals surface area contributed by atoms with E-state index in [0.717, 1.165) is 12.3 Å². The first-order valence-electron chi connectivity index (χ1n) is 14.6. The molecule has 1 fully saturated rings. The topological polar surface area (TPSA) is 261 Å². The molecule has 48 heavy (non-hydrogen) atoms. The first-order chi connectivity index (χ1) is 22.6. The van der Waals surface area contributed by atoms with Crippen LogP contribution in [-0.4, -0.2) is 96.5 Å². The molecule has 8 N–H and O–H groups in total. The number of aliphatic hydroxyl groups excluding tert-OH is 2. The zero-order valence-corrected chi connectivity index (χ0v) is 25.5. The molecule has 1 aromatic heterocycles. The number of aliphatic hydroxyl groups is 3. The van der Waals surface area contributed by atoms with Crippen LogP contribution in [0.2, 0.25) is 0 Å². The first kappa shape index (κ1) is 34.6. The Balaban J connectivity index is 0.000000434. The van der Waals surface area contributed by atoms with Gasteiger partial charge < -0.3 is 45.5 Å². The quantitative estimate of drug-likeness (QED) is 0.129. The normalized spacial score (nSPS) is 26.0. The Morgan fingerprint density at radius 1 is 1.12 bits per heavy atom. The lowest BCUT2D eigenvalue weighted by molar-refractivity contribution is -0.247. The van der Waals surface area contributed by atoms with Crippen molar-refractivity contribution in [1.82, 2.24) is 9.77 Å². The van der Waals surface area contributed by atoms with Crippen LogP contribution in [0.15, 0.2) is 40.1 Å². The molecule has 16 nitrogen and oxygen atoms in total. The summed E-state index contributed by atoms with van der Waals surface area (Å²) in [5.74, 6) is -3.77. The number of rotatable bonds is 5. The average molecular weight is 674 g/mol. The Labute approximate surface area is 269 Å². The van der Waals surface area contributed by atoms with Gasteiger partial charge in [-0.15, -0.1) is 4.79 Å². The molecule has 256 valence electrons. The smallest absolute Gasteiger partial charge is 0.356 e. The van der Waals surface area contributed by atoms with Crippen LogP contribution in [0, 0.1) is 0 Å². The molecular weight excluding hydrogens is 641 g/mol. The molecule has 6 atom stereocenters. The fourth-order valence-corrected chi connectivity index (χ4v) is 6.15. The van der Waals surface area contributed by atoms with Crippen LogP contribution in [0.4, 0.5) is 4.48 Å². The van der Waals surface area contributed by atoms with Gasteiger partial charge >= 0.3 is 5.69 Å². The number of hydrogen-bond acceptors (Lipinski definition) is 14. The Morgan fingerprint density at radius 3 is 2.42 bits per heavy atom. The van der Waals surface area contributed by atoms with E-state index in [-0.39, 0.29) is 39.2 Å². The second-order valence-electron chi connectivity index (χ2n) is 11.6. The SMILES string of the molecule is COc1cccc2c1C(=O)c1c(O)c3c(c(O)c1C2=O)C[C@@](O)(C(=O)CO)C[C@@H]3O[C@H]1C[C@H](N)[C@H](O)[C@H](C)O1.O=c1ccn(F)c(=O)[nH]1. The van der Waals surface area contributed by atoms with E-state index in [1.807, 2.05) is 0 Å². The Kier molecular flexibility index (Phi) is 9.37. The highest BCUT2D eigenvalue weighted by Crippen LogP contribution is 2.52. The number of carbonyl (C=O) groups is 3. The van der Waals surface area contributed by atoms with Crippen LogP contribution in [0.25, 0.3) is 0 Å². The number of nitrogens with two attached hydrogens (primary N) is 1. The molecule has 0 bridgehead atoms. The maximum absolute atomic E-state index is 13.6. The molecule has 2 heterocycles. The van der Waals surface area contributed by atoms with Crippen LogP contribution < -0.4 is 21.7 Å². The van der Waals surface area contributed by atoms with Gasteiger partial charge in [0.1, 0.15) is 29.5 Å². The number of halogens is 1. The number of H-pyrrole nitrogens is 1. The molecule has 3 aromatic rings. The van der Waals surface area contributed by atoms with Crippen molar-refractivity contribution in [3.63, 3.8) is 0 Å². The molecule has 0 spiro atoms. The Bertz CT molecular complexity index is 1910. The molecule has 17 heteroatoms. The first-order valence-corrected chi connectivity index (χ1v) is 14.6. The summed E-state index contributed by atoms with van der Waals surface area (Å²) in [5, 5.41) is 53.7. The highest BCUT2D eigenvalue weighted by molar-refractivity contribution is 6.31. The number of fused-ring (bicyclic) bond motifs is 3. The summed E-state index contributed by atoms with van der Waals surface area (Å²) in [7, 11) is 1.32. The molecule has 0 amide bonds. The number of nitrogens with one attached hydrogen (secondary N) is 1. The number of carbonyl (C=O) groups excluding carboxylic acids is 3. The minimum atomic E-state index is -2.24. The second-order valence-corrected chi connectivity index (χ2v) is 11.6. The van der Waals surface area contributed by atoms with Gasteiger partial charge in [0.2, 0.25) is 5.78 Å². The summed E-state index contributed by atoms with van der Waals surface area (Å²) in [5.41, 5.74) is 0.718. The molecule has 6 rings (SSSR count). The van der Waals surface area contributed by atoms with Crippen LogP contribution in [0.3, 0.4) is 0 Å². The lowest BCUT2D eigenvalue weighted by Gasteiger charge is -2.42. The number of hydrogen-bond donors (Lipinski definition) is 7. The van der Waals surface area contributed by atoms with E-state index in [4.69, 9.17) is 19.9 Å². The van der Waals surface area contributed by atoms with Crippen molar-refractivity contribution < 1.29 is 58.6 Å². The van der Waals surface area contributed by atoms with Crippen LogP contribution in [0.1, 0.15) is 68.8 Å². The number of ether oxygens (including phenoxy) is 3. The predicted octanol–water partition coefficient (Wildman–Crippen LogP) is -0.729. The van der Waals surface area contributed by atoms with E-state index in [1.165, 1.54) is 25.3 Å². The molecular formula is C31H32FN3O13. The maximum atomic E-state index is 13.6. The van der Waals surface area contributed by atoms with E-state index in [0.29, 0.717) is 0 Å². The number of benzene rings is 2. The molecule has 2 aliphatic carbocycles. The molecule has 2 aromatic carbocycles. The molecule has 1 saturated heterocycles. The largest absolute Gasteiger partial charge is 0.507 e. The third-order valence-electron chi connectivity index (χ3n) is 8.59. The van der Waals surface area contributed by atoms with Gasteiger partial charge in [-0.1, -0.05) is 16.6 Å². The zero-order chi connectivity index (χ0) is 35.2. The standard InChI is InChI=1S/C27H29NO11.C4H3FN2O2/c1-10-22(31)13(28)6-17(38-10)39-15-8-27(36,16(30)9-29)7-12-19(15)26(35)21-20(24(12)33)23(32)11-4-3-5-14(37-2)18(11)25(21)34;5-7-2-1-3(8)6-4(7)9/h3-5,10,13,15,17,22,29,31,33,35-36H,6-9,28H2,1-2H3;1-2H,(H,6,8,9)/t10-,13-,15-,17-,22+,27-;/m0./s1. The van der Waals surface area contributed by atoms with Crippen LogP contribution >= 0.6 is 0 Å². The van der Waals surface area contributed by atoms with Gasteiger partial charge in [-0.2, -0.15) is 0 Å². The van der Waals surface area contributed by atoms with Crippen molar-refractivity contribution in [3.05, 3.63) is 84.7 Å². The Hall–Kier alpha value is -4.78. The number of nitrogens with zero attached hydrogens (tertiary/aromatic N) is 1. The fraction of sp³-hybridized carbons (Fsp3) is 0.387. The summed E-state index contributed by atoms with van der Waals surface area (Å²) in [6, 6.07) is 4.55. The molecule has 0 radical (unpaired) electrons. The number of phenols is 2. The Morgan fingerprint density at radius 2 is 1.81 bits per heavy atom. The van der Waals surface area contributed by atoms with Gasteiger partial charge in [-0.05, 0) is 13.0 Å². The second kappa shape index (κ2) is 13.0. The van der Waals surface area contributed by atoms with Gasteiger partial charge in [0.25, 0.3) is 5.56 Å². The highest BCUT2D eigenvalue weighted by atomic mass is 19.2. The van der Waals surface area contributed by atoms with E-state index < -0.39 is 107 Å². The summed E-state index contributed by atoms with van der Waals surface area (Å²) in [6.07, 6.45) is -4.37. The number of aromatic hydroxyl groups is 2. The highest BCUT2D eigenvalue weighted by Gasteiger charge is 2.50. The number of ketones is 3. The zero-order valence-electron chi connectivity index (χ0n) is 25.5. The molecule has 0 unspecified atom stereocenters. The predicted molar refractivity (Wildman–Crippen MR) is 160 cm³/mol. The molecule has 3 aliphatic rings. The summed E-state index contributed by atoms with van der Waals surface area (Å²) < 4.78 is 28.9. The van der Waals surface area contributed by atoms with Gasteiger partial charge in [0.05, 0.1) is 42.1 Å². The number of aromatic amines is 1. The van der Waals surface area contributed by atoms with Crippen molar-refractivity contribution in [3.8, 4) is 17.2 Å². The minimum absolute atomic E-state index is 0.0173. The summed E-state index contributed by atoms with van der Waals surface area (Å²) in [4.78, 5) is 61.6. The third kappa shape index (κ3) is 5.91. The number of aromatic nitrogens is 2. The summed E-state index contributed by atoms with van der Waals surface area (Å²) in [6.45, 7) is 0.560. The number of phenolic OH excluding ortho intramolecular Hbond substituents is 2. The molecule has 0 saturated carbocycles. The number of Topliss-reactive ketones (excluding diaryl/α,β-unsaturated/α-hetero) is 1. The molecule has 1 aliphatic heterocycles. The maximum Gasteiger partial charge on any atom is 0.356 e. The van der Waals surface area contributed by atoms with Gasteiger partial charge in [-0.25, -0.2) is 4.79 Å². The average Bonchev–Trinajstić information content (AvgIpc) is 3.05. The van der Waals surface area contributed by atoms with Gasteiger partial charge in [-0.3, -0.25) is 24.2 Å². The van der Waals surface area contributed by atoms with E-state index in [2.05, 4.69) is 0 Å². The fourth-order valence-electron chi connectivity index (χ4n) is 6.15. The van der Waals surface area contributed by atoms with E-state index >= 15 is 0 Å². The minimum Gasteiger partial charge on any atom is -0.507 e. The lowest BCUT2D eigenvalue weighted by atomic mass is 9.72. The summed E-state index contributed by atoms with van der Waals surface area (Å²) >= 11 is 0. The van der Waals surface area contributed by atoms with Crippen molar-refractivity contribution >= 4 is 17.3 Å².